The van der Waals surface area contributed by atoms with Crippen molar-refractivity contribution in [1.82, 2.24) is 0 Å². The van der Waals surface area contributed by atoms with E-state index >= 15 is 0 Å². The fourth-order valence-corrected chi connectivity index (χ4v) is 4.15. The molecule has 0 nitrogen and oxygen atoms in total. The third kappa shape index (κ3) is 2.38. The van der Waals surface area contributed by atoms with E-state index in [0.29, 0.717) is 0 Å². The molecule has 0 atom stereocenters. The van der Waals surface area contributed by atoms with Gasteiger partial charge in [-0.1, -0.05) is 72.8 Å². The highest BCUT2D eigenvalue weighted by molar-refractivity contribution is 7.98. The van der Waals surface area contributed by atoms with Crippen molar-refractivity contribution in [3.05, 3.63) is 83.4 Å². The number of rotatable bonds is 0. The van der Waals surface area contributed by atoms with Crippen LogP contribution in [0.5, 0.6) is 0 Å². The molecule has 21 heavy (non-hydrogen) atoms. The maximum atomic E-state index is 2.29. The van der Waals surface area contributed by atoms with E-state index in [9.17, 15) is 0 Å². The van der Waals surface area contributed by atoms with Gasteiger partial charge in [-0.15, -0.1) is 11.8 Å². The first-order valence-electron chi connectivity index (χ1n) is 7.30. The zero-order chi connectivity index (χ0) is 14.1. The number of allylic oxidation sites excluding steroid dienone is 1. The molecule has 3 aromatic rings. The summed E-state index contributed by atoms with van der Waals surface area (Å²) in [7, 11) is 0. The minimum absolute atomic E-state index is 1.00. The zero-order valence-corrected chi connectivity index (χ0v) is 12.6. The second-order valence-corrected chi connectivity index (χ2v) is 6.35. The Balaban J connectivity index is 1.87. The molecule has 1 aliphatic rings. The number of fused-ring (bicyclic) bond motifs is 4. The second kappa shape index (κ2) is 5.42. The second-order valence-electron chi connectivity index (χ2n) is 5.37. The van der Waals surface area contributed by atoms with Crippen LogP contribution in [-0.2, 0) is 12.2 Å². The van der Waals surface area contributed by atoms with Gasteiger partial charge in [0.05, 0.1) is 0 Å². The van der Waals surface area contributed by atoms with Gasteiger partial charge >= 0.3 is 0 Å². The maximum absolute atomic E-state index is 2.29. The number of thioether (sulfide) groups is 1. The Kier molecular flexibility index (Phi) is 3.28. The van der Waals surface area contributed by atoms with Crippen LogP contribution in [-0.4, -0.2) is 0 Å². The summed E-state index contributed by atoms with van der Waals surface area (Å²) >= 11 is 1.97. The van der Waals surface area contributed by atoms with Crippen LogP contribution in [0.25, 0.3) is 16.8 Å². The third-order valence-electron chi connectivity index (χ3n) is 4.02. The summed E-state index contributed by atoms with van der Waals surface area (Å²) in [6, 6.07) is 21.9. The van der Waals surface area contributed by atoms with Gasteiger partial charge in [-0.2, -0.15) is 0 Å². The Morgan fingerprint density at radius 1 is 0.762 bits per heavy atom. The largest absolute Gasteiger partial charge is 0.120 e. The Labute approximate surface area is 129 Å². The van der Waals surface area contributed by atoms with Crippen LogP contribution in [0.15, 0.2) is 71.6 Å². The molecule has 0 bridgehead atoms. The summed E-state index contributed by atoms with van der Waals surface area (Å²) in [6.45, 7) is 0. The van der Waals surface area contributed by atoms with E-state index in [2.05, 4.69) is 72.8 Å². The Bertz CT molecular complexity index is 830. The van der Waals surface area contributed by atoms with Crippen molar-refractivity contribution in [2.24, 2.45) is 0 Å². The van der Waals surface area contributed by atoms with E-state index in [-0.39, 0.29) is 0 Å². The summed E-state index contributed by atoms with van der Waals surface area (Å²) in [5, 5.41) is 2.72. The smallest absolute Gasteiger partial charge is 0.0238 e. The SMILES string of the molecule is C1=C\c2ccccc2CSc2c(ccc3ccccc23)C/1. The molecule has 102 valence electrons. The molecule has 1 aliphatic heterocycles. The van der Waals surface area contributed by atoms with Gasteiger partial charge in [0.2, 0.25) is 0 Å². The fourth-order valence-electron chi connectivity index (χ4n) is 2.91. The quantitative estimate of drug-likeness (QED) is 0.511. The first-order chi connectivity index (χ1) is 10.4. The van der Waals surface area contributed by atoms with E-state index in [4.69, 9.17) is 0 Å². The van der Waals surface area contributed by atoms with Crippen LogP contribution in [0.4, 0.5) is 0 Å². The van der Waals surface area contributed by atoms with Crippen molar-refractivity contribution < 1.29 is 0 Å². The lowest BCUT2D eigenvalue weighted by Gasteiger charge is -2.11. The monoisotopic (exact) mass is 288 g/mol. The molecule has 0 unspecified atom stereocenters. The normalized spacial score (nSPS) is 15.4. The van der Waals surface area contributed by atoms with Crippen molar-refractivity contribution in [3.63, 3.8) is 0 Å². The van der Waals surface area contributed by atoms with E-state index in [1.165, 1.54) is 32.4 Å². The van der Waals surface area contributed by atoms with Crippen LogP contribution in [0.1, 0.15) is 16.7 Å². The third-order valence-corrected chi connectivity index (χ3v) is 5.25. The van der Waals surface area contributed by atoms with Gasteiger partial charge in [0.25, 0.3) is 0 Å². The molecule has 0 amide bonds. The molecule has 0 radical (unpaired) electrons. The lowest BCUT2D eigenvalue weighted by Crippen LogP contribution is -1.89. The van der Waals surface area contributed by atoms with Crippen molar-refractivity contribution in [3.8, 4) is 0 Å². The summed E-state index contributed by atoms with van der Waals surface area (Å²) in [6.07, 6.45) is 5.56. The topological polar surface area (TPSA) is 0 Å². The van der Waals surface area contributed by atoms with E-state index in [1.807, 2.05) is 11.8 Å². The standard InChI is InChI=1S/C20H16S/c1-2-8-18-14-21-20-17(10-5-9-15(18)6-1)13-12-16-7-3-4-11-19(16)20/h1-9,11-13H,10,14H2/b9-5-. The highest BCUT2D eigenvalue weighted by atomic mass is 32.2. The molecule has 0 aromatic heterocycles. The van der Waals surface area contributed by atoms with Gasteiger partial charge < -0.3 is 0 Å². The van der Waals surface area contributed by atoms with E-state index < -0.39 is 0 Å². The van der Waals surface area contributed by atoms with Crippen molar-refractivity contribution in [2.45, 2.75) is 17.1 Å². The van der Waals surface area contributed by atoms with Crippen molar-refractivity contribution >= 4 is 28.6 Å². The highest BCUT2D eigenvalue weighted by Crippen LogP contribution is 2.35. The molecule has 0 saturated carbocycles. The van der Waals surface area contributed by atoms with Gasteiger partial charge in [-0.05, 0) is 33.9 Å². The molecule has 0 saturated heterocycles. The zero-order valence-electron chi connectivity index (χ0n) is 11.8. The summed E-state index contributed by atoms with van der Waals surface area (Å²) in [5.74, 6) is 1.03. The molecule has 3 aromatic carbocycles. The Morgan fingerprint density at radius 2 is 1.62 bits per heavy atom. The van der Waals surface area contributed by atoms with Crippen LogP contribution < -0.4 is 0 Å². The van der Waals surface area contributed by atoms with Crippen molar-refractivity contribution in [1.29, 1.82) is 0 Å². The molecule has 4 rings (SSSR count). The van der Waals surface area contributed by atoms with Gasteiger partial charge in [0, 0.05) is 10.6 Å². The summed E-state index contributed by atoms with van der Waals surface area (Å²) in [5.41, 5.74) is 4.20. The lowest BCUT2D eigenvalue weighted by atomic mass is 10.0. The first-order valence-corrected chi connectivity index (χ1v) is 8.28. The molecule has 1 heteroatoms. The average Bonchev–Trinajstić information content (AvgIpc) is 2.63. The van der Waals surface area contributed by atoms with Gasteiger partial charge in [0.15, 0.2) is 0 Å². The summed E-state index contributed by atoms with van der Waals surface area (Å²) in [4.78, 5) is 1.44. The molecular weight excluding hydrogens is 272 g/mol. The van der Waals surface area contributed by atoms with Gasteiger partial charge in [0.1, 0.15) is 0 Å². The Morgan fingerprint density at radius 3 is 2.62 bits per heavy atom. The minimum Gasteiger partial charge on any atom is -0.120 e. The van der Waals surface area contributed by atoms with E-state index in [0.717, 1.165) is 12.2 Å². The molecular formula is C20H16S. The molecule has 0 spiro atoms. The molecule has 0 fully saturated rings. The minimum atomic E-state index is 1.00. The number of hydrogen-bond donors (Lipinski definition) is 0. The summed E-state index contributed by atoms with van der Waals surface area (Å²) < 4.78 is 0. The predicted molar refractivity (Wildman–Crippen MR) is 92.7 cm³/mol. The van der Waals surface area contributed by atoms with Crippen LogP contribution >= 0.6 is 11.8 Å². The Hall–Kier alpha value is -1.99. The van der Waals surface area contributed by atoms with Gasteiger partial charge in [-0.3, -0.25) is 0 Å². The van der Waals surface area contributed by atoms with Gasteiger partial charge in [-0.25, -0.2) is 0 Å². The van der Waals surface area contributed by atoms with Crippen LogP contribution in [0.2, 0.25) is 0 Å². The van der Waals surface area contributed by atoms with Crippen LogP contribution in [0, 0.1) is 0 Å². The lowest BCUT2D eigenvalue weighted by molar-refractivity contribution is 1.21. The highest BCUT2D eigenvalue weighted by Gasteiger charge is 2.10. The number of benzene rings is 3. The predicted octanol–water partition coefficient (Wildman–Crippen LogP) is 5.70. The number of hydrogen-bond acceptors (Lipinski definition) is 1. The van der Waals surface area contributed by atoms with E-state index in [1.54, 1.807) is 0 Å². The first kappa shape index (κ1) is 12.7. The van der Waals surface area contributed by atoms with Crippen molar-refractivity contribution in [2.75, 3.05) is 0 Å². The fraction of sp³-hybridized carbons (Fsp3) is 0.100. The molecule has 1 heterocycles. The molecule has 0 N–H and O–H groups in total. The maximum Gasteiger partial charge on any atom is 0.0238 e. The van der Waals surface area contributed by atoms with Crippen LogP contribution in [0.3, 0.4) is 0 Å². The molecule has 0 aliphatic carbocycles. The average molecular weight is 288 g/mol.